The molecule has 0 fully saturated rings. The van der Waals surface area contributed by atoms with Crippen LogP contribution in [0, 0.1) is 13.8 Å². The van der Waals surface area contributed by atoms with Gasteiger partial charge in [-0.3, -0.25) is 0 Å². The summed E-state index contributed by atoms with van der Waals surface area (Å²) in [7, 11) is 0. The second-order valence-corrected chi connectivity index (χ2v) is 13.6. The molecule has 0 saturated carbocycles. The standard InChI is InChI=1S/C32H20S4/c1-17-11-29(33-15-17)31-13-25-23-5-3-20-19(21(23)7-9-27(25)35-31)4-6-24-22(20)8-10-28-26(24)14-32(36-28)30-12-18(2)16-34-30/h3-16H,1-2H3. The van der Waals surface area contributed by atoms with Gasteiger partial charge >= 0.3 is 0 Å². The van der Waals surface area contributed by atoms with Crippen LogP contribution in [-0.4, -0.2) is 0 Å². The Morgan fingerprint density at radius 3 is 1.11 bits per heavy atom. The molecule has 0 bridgehead atoms. The number of thiophene rings is 4. The van der Waals surface area contributed by atoms with Gasteiger partial charge in [-0.15, -0.1) is 45.3 Å². The Labute approximate surface area is 224 Å². The highest BCUT2D eigenvalue weighted by Gasteiger charge is 2.14. The molecule has 172 valence electrons. The zero-order valence-electron chi connectivity index (χ0n) is 19.7. The summed E-state index contributed by atoms with van der Waals surface area (Å²) in [6.07, 6.45) is 0. The molecule has 0 aliphatic heterocycles. The second-order valence-electron chi connectivity index (χ2n) is 9.57. The van der Waals surface area contributed by atoms with Gasteiger partial charge in [0.15, 0.2) is 0 Å². The van der Waals surface area contributed by atoms with Gasteiger partial charge in [-0.1, -0.05) is 36.4 Å². The van der Waals surface area contributed by atoms with Crippen LogP contribution in [-0.2, 0) is 0 Å². The maximum atomic E-state index is 2.39. The first-order valence-corrected chi connectivity index (χ1v) is 15.4. The fourth-order valence-corrected chi connectivity index (χ4v) is 9.58. The summed E-state index contributed by atoms with van der Waals surface area (Å²) >= 11 is 7.49. The average molecular weight is 533 g/mol. The summed E-state index contributed by atoms with van der Waals surface area (Å²) in [6, 6.07) is 28.0. The van der Waals surface area contributed by atoms with E-state index in [1.165, 1.54) is 83.1 Å². The predicted octanol–water partition coefficient (Wildman–Crippen LogP) is 11.6. The minimum atomic E-state index is 1.34. The van der Waals surface area contributed by atoms with E-state index in [-0.39, 0.29) is 0 Å². The molecule has 0 atom stereocenters. The average Bonchev–Trinajstić information content (AvgIpc) is 3.68. The van der Waals surface area contributed by atoms with E-state index >= 15 is 0 Å². The van der Waals surface area contributed by atoms with Crippen molar-refractivity contribution in [3.8, 4) is 19.5 Å². The van der Waals surface area contributed by atoms with Gasteiger partial charge in [-0.05, 0) is 104 Å². The van der Waals surface area contributed by atoms with Gasteiger partial charge in [0.05, 0.1) is 0 Å². The molecular formula is C32H20S4. The van der Waals surface area contributed by atoms with Crippen molar-refractivity contribution in [1.82, 2.24) is 0 Å². The van der Waals surface area contributed by atoms with Crippen molar-refractivity contribution in [3.05, 3.63) is 94.7 Å². The lowest BCUT2D eigenvalue weighted by Gasteiger charge is -2.09. The summed E-state index contributed by atoms with van der Waals surface area (Å²) < 4.78 is 2.72. The van der Waals surface area contributed by atoms with Crippen LogP contribution < -0.4 is 0 Å². The summed E-state index contributed by atoms with van der Waals surface area (Å²) in [4.78, 5) is 5.47. The topological polar surface area (TPSA) is 0 Å². The van der Waals surface area contributed by atoms with Gasteiger partial charge in [0.1, 0.15) is 0 Å². The highest BCUT2D eigenvalue weighted by atomic mass is 32.1. The van der Waals surface area contributed by atoms with Gasteiger partial charge < -0.3 is 0 Å². The van der Waals surface area contributed by atoms with E-state index in [0.717, 1.165) is 0 Å². The van der Waals surface area contributed by atoms with E-state index in [9.17, 15) is 0 Å². The van der Waals surface area contributed by atoms with Crippen LogP contribution in [0.3, 0.4) is 0 Å². The third-order valence-corrected chi connectivity index (χ3v) is 11.8. The van der Waals surface area contributed by atoms with E-state index in [1.807, 2.05) is 45.3 Å². The molecule has 0 amide bonds. The molecular weight excluding hydrogens is 513 g/mol. The molecule has 0 N–H and O–H groups in total. The van der Waals surface area contributed by atoms with E-state index in [4.69, 9.17) is 0 Å². The molecule has 0 aliphatic carbocycles. The highest BCUT2D eigenvalue weighted by Crippen LogP contribution is 2.44. The Bertz CT molecular complexity index is 1970. The molecule has 0 radical (unpaired) electrons. The molecule has 4 heteroatoms. The first-order chi connectivity index (χ1) is 17.6. The normalized spacial score (nSPS) is 12.2. The van der Waals surface area contributed by atoms with Gasteiger partial charge in [0.2, 0.25) is 0 Å². The number of hydrogen-bond acceptors (Lipinski definition) is 4. The molecule has 4 heterocycles. The first-order valence-electron chi connectivity index (χ1n) is 12.0. The largest absolute Gasteiger partial charge is 0.143 e. The number of aryl methyl sites for hydroxylation is 2. The molecule has 36 heavy (non-hydrogen) atoms. The second kappa shape index (κ2) is 7.74. The van der Waals surface area contributed by atoms with Crippen LogP contribution in [0.5, 0.6) is 0 Å². The monoisotopic (exact) mass is 532 g/mol. The van der Waals surface area contributed by atoms with Crippen LogP contribution in [0.4, 0.5) is 0 Å². The third-order valence-electron chi connectivity index (χ3n) is 7.14. The van der Waals surface area contributed by atoms with Crippen LogP contribution in [0.25, 0.3) is 72.0 Å². The maximum absolute atomic E-state index is 2.39. The lowest BCUT2D eigenvalue weighted by Crippen LogP contribution is -1.81. The molecule has 8 rings (SSSR count). The maximum Gasteiger partial charge on any atom is 0.0455 e. The first kappa shape index (κ1) is 21.1. The van der Waals surface area contributed by atoms with Crippen molar-refractivity contribution in [2.75, 3.05) is 0 Å². The van der Waals surface area contributed by atoms with Crippen LogP contribution in [0.2, 0.25) is 0 Å². The number of fused-ring (bicyclic) bond motifs is 9. The van der Waals surface area contributed by atoms with Gasteiger partial charge in [-0.2, -0.15) is 0 Å². The van der Waals surface area contributed by atoms with E-state index in [1.54, 1.807) is 0 Å². The molecule has 4 aromatic carbocycles. The fourth-order valence-electron chi connectivity index (χ4n) is 5.44. The number of benzene rings is 4. The molecule has 0 unspecified atom stereocenters. The van der Waals surface area contributed by atoms with E-state index in [0.29, 0.717) is 0 Å². The quantitative estimate of drug-likeness (QED) is 0.194. The van der Waals surface area contributed by atoms with E-state index < -0.39 is 0 Å². The van der Waals surface area contributed by atoms with Crippen molar-refractivity contribution in [2.24, 2.45) is 0 Å². The van der Waals surface area contributed by atoms with Crippen molar-refractivity contribution in [2.45, 2.75) is 13.8 Å². The Morgan fingerprint density at radius 2 is 0.750 bits per heavy atom. The molecule has 0 saturated heterocycles. The van der Waals surface area contributed by atoms with Gasteiger partial charge in [-0.25, -0.2) is 0 Å². The zero-order chi connectivity index (χ0) is 24.0. The molecule has 8 aromatic rings. The Morgan fingerprint density at radius 1 is 0.389 bits per heavy atom. The van der Waals surface area contributed by atoms with Gasteiger partial charge in [0.25, 0.3) is 0 Å². The fraction of sp³-hybridized carbons (Fsp3) is 0.0625. The predicted molar refractivity (Wildman–Crippen MR) is 166 cm³/mol. The third kappa shape index (κ3) is 3.09. The Kier molecular flexibility index (Phi) is 4.54. The van der Waals surface area contributed by atoms with Crippen LogP contribution >= 0.6 is 45.3 Å². The lowest BCUT2D eigenvalue weighted by atomic mass is 9.95. The summed E-state index contributed by atoms with van der Waals surface area (Å²) in [6.45, 7) is 4.35. The summed E-state index contributed by atoms with van der Waals surface area (Å²) in [5, 5.41) is 15.3. The highest BCUT2D eigenvalue weighted by molar-refractivity contribution is 7.26. The van der Waals surface area contributed by atoms with Gasteiger partial charge in [0, 0.05) is 39.7 Å². The smallest absolute Gasteiger partial charge is 0.0455 e. The molecule has 0 spiro atoms. The molecule has 4 aromatic heterocycles. The van der Waals surface area contributed by atoms with Crippen LogP contribution in [0.1, 0.15) is 11.1 Å². The number of hydrogen-bond donors (Lipinski definition) is 0. The summed E-state index contributed by atoms with van der Waals surface area (Å²) in [5.41, 5.74) is 2.68. The van der Waals surface area contributed by atoms with E-state index in [2.05, 4.69) is 97.4 Å². The minimum absolute atomic E-state index is 1.34. The number of rotatable bonds is 2. The SMILES string of the molecule is Cc1csc(-c2cc3c(ccc4c3ccc3c5ccc6sc(-c7cc(C)cs7)cc6c5ccc43)s2)c1. The molecule has 0 aliphatic rings. The van der Waals surface area contributed by atoms with Crippen LogP contribution in [0.15, 0.2) is 83.6 Å². The van der Waals surface area contributed by atoms with Crippen molar-refractivity contribution >= 4 is 97.8 Å². The summed E-state index contributed by atoms with van der Waals surface area (Å²) in [5.74, 6) is 0. The Balaban J connectivity index is 1.35. The molecule has 0 nitrogen and oxygen atoms in total. The lowest BCUT2D eigenvalue weighted by molar-refractivity contribution is 1.56. The Hall–Kier alpha value is -3.02. The minimum Gasteiger partial charge on any atom is -0.143 e. The zero-order valence-corrected chi connectivity index (χ0v) is 23.0. The van der Waals surface area contributed by atoms with Crippen molar-refractivity contribution in [1.29, 1.82) is 0 Å². The van der Waals surface area contributed by atoms with Crippen molar-refractivity contribution < 1.29 is 0 Å². The van der Waals surface area contributed by atoms with Crippen molar-refractivity contribution in [3.63, 3.8) is 0 Å².